The smallest absolute Gasteiger partial charge is 0.307 e. The number of carbonyl (C=O) groups excluding carboxylic acids is 2. The van der Waals surface area contributed by atoms with Crippen molar-refractivity contribution in [2.75, 3.05) is 14.2 Å². The number of benzene rings is 2. The lowest BCUT2D eigenvalue weighted by atomic mass is 10.0. The number of ether oxygens (including phenoxy) is 2. The van der Waals surface area contributed by atoms with Gasteiger partial charge in [-0.3, -0.25) is 9.59 Å². The second-order valence-corrected chi connectivity index (χ2v) is 5.96. The van der Waals surface area contributed by atoms with Crippen molar-refractivity contribution in [2.24, 2.45) is 0 Å². The molecule has 2 aromatic rings. The van der Waals surface area contributed by atoms with Crippen molar-refractivity contribution in [2.45, 2.75) is 26.3 Å². The van der Waals surface area contributed by atoms with Crippen LogP contribution in [0.1, 0.15) is 39.5 Å². The topological polar surface area (TPSA) is 64.6 Å². The van der Waals surface area contributed by atoms with Crippen LogP contribution < -0.4 is 10.1 Å². The molecule has 0 aliphatic rings. The van der Waals surface area contributed by atoms with Gasteiger partial charge in [0, 0.05) is 5.56 Å². The lowest BCUT2D eigenvalue weighted by Crippen LogP contribution is -2.30. The number of hydrogen-bond donors (Lipinski definition) is 1. The number of amides is 1. The summed E-state index contributed by atoms with van der Waals surface area (Å²) >= 11 is 0. The molecule has 0 aliphatic heterocycles. The lowest BCUT2D eigenvalue weighted by Gasteiger charge is -2.19. The van der Waals surface area contributed by atoms with Gasteiger partial charge >= 0.3 is 5.97 Å². The van der Waals surface area contributed by atoms with Gasteiger partial charge in [-0.2, -0.15) is 0 Å². The molecule has 1 unspecified atom stereocenters. The summed E-state index contributed by atoms with van der Waals surface area (Å²) in [6, 6.07) is 12.4. The largest absolute Gasteiger partial charge is 0.497 e. The van der Waals surface area contributed by atoms with Crippen LogP contribution in [0.5, 0.6) is 5.75 Å². The Morgan fingerprint density at radius 2 is 1.60 bits per heavy atom. The third-order valence-electron chi connectivity index (χ3n) is 3.91. The van der Waals surface area contributed by atoms with Gasteiger partial charge in [-0.1, -0.05) is 29.3 Å². The van der Waals surface area contributed by atoms with E-state index < -0.39 is 6.04 Å². The van der Waals surface area contributed by atoms with Gasteiger partial charge < -0.3 is 14.8 Å². The number of methoxy groups -OCH3 is 2. The third kappa shape index (κ3) is 5.08. The molecule has 5 nitrogen and oxygen atoms in total. The van der Waals surface area contributed by atoms with Crippen LogP contribution >= 0.6 is 0 Å². The molecule has 0 saturated carbocycles. The highest BCUT2D eigenvalue weighted by Crippen LogP contribution is 2.22. The Labute approximate surface area is 148 Å². The average molecular weight is 341 g/mol. The first kappa shape index (κ1) is 18.5. The Balaban J connectivity index is 2.25. The van der Waals surface area contributed by atoms with Gasteiger partial charge in [0.25, 0.3) is 5.91 Å². The minimum absolute atomic E-state index is 0.0549. The summed E-state index contributed by atoms with van der Waals surface area (Å²) in [6.45, 7) is 3.89. The van der Waals surface area contributed by atoms with E-state index in [1.165, 1.54) is 7.11 Å². The molecular weight excluding hydrogens is 318 g/mol. The highest BCUT2D eigenvalue weighted by Gasteiger charge is 2.20. The maximum Gasteiger partial charge on any atom is 0.307 e. The molecule has 132 valence electrons. The molecule has 0 aromatic heterocycles. The van der Waals surface area contributed by atoms with E-state index in [0.717, 1.165) is 16.7 Å². The van der Waals surface area contributed by atoms with E-state index in [4.69, 9.17) is 9.47 Å². The van der Waals surface area contributed by atoms with Crippen LogP contribution in [-0.2, 0) is 9.53 Å². The summed E-state index contributed by atoms with van der Waals surface area (Å²) in [5.74, 6) is 0.0965. The van der Waals surface area contributed by atoms with Crippen molar-refractivity contribution < 1.29 is 19.1 Å². The van der Waals surface area contributed by atoms with Crippen molar-refractivity contribution in [1.29, 1.82) is 0 Å². The zero-order chi connectivity index (χ0) is 18.4. The molecule has 0 aliphatic carbocycles. The SMILES string of the molecule is COC(=O)CC(NC(=O)c1cc(C)cc(C)c1)c1ccc(OC)cc1. The first-order valence-corrected chi connectivity index (χ1v) is 8.03. The molecule has 2 aromatic carbocycles. The predicted molar refractivity (Wildman–Crippen MR) is 95.8 cm³/mol. The number of esters is 1. The molecule has 1 amide bonds. The zero-order valence-electron chi connectivity index (χ0n) is 15.0. The van der Waals surface area contributed by atoms with E-state index in [9.17, 15) is 9.59 Å². The summed E-state index contributed by atoms with van der Waals surface area (Å²) in [7, 11) is 2.92. The fourth-order valence-corrected chi connectivity index (χ4v) is 2.69. The van der Waals surface area contributed by atoms with Crippen LogP contribution in [-0.4, -0.2) is 26.1 Å². The molecule has 0 spiro atoms. The van der Waals surface area contributed by atoms with Gasteiger partial charge in [0.05, 0.1) is 26.7 Å². The van der Waals surface area contributed by atoms with Gasteiger partial charge in [-0.05, 0) is 43.7 Å². The molecule has 0 heterocycles. The summed E-state index contributed by atoms with van der Waals surface area (Å²) in [6.07, 6.45) is 0.0549. The van der Waals surface area contributed by atoms with Crippen LogP contribution in [0.4, 0.5) is 0 Å². The van der Waals surface area contributed by atoms with E-state index >= 15 is 0 Å². The second kappa shape index (κ2) is 8.33. The van der Waals surface area contributed by atoms with Gasteiger partial charge in [-0.25, -0.2) is 0 Å². The summed E-state index contributed by atoms with van der Waals surface area (Å²) in [4.78, 5) is 24.4. The quantitative estimate of drug-likeness (QED) is 0.819. The Morgan fingerprint density at radius 1 is 1.00 bits per heavy atom. The van der Waals surface area contributed by atoms with Gasteiger partial charge in [0.15, 0.2) is 0 Å². The van der Waals surface area contributed by atoms with Crippen molar-refractivity contribution in [1.82, 2.24) is 5.32 Å². The molecule has 1 N–H and O–H groups in total. The molecule has 25 heavy (non-hydrogen) atoms. The van der Waals surface area contributed by atoms with E-state index in [-0.39, 0.29) is 18.3 Å². The number of nitrogens with one attached hydrogen (secondary N) is 1. The Hall–Kier alpha value is -2.82. The molecule has 0 fully saturated rings. The summed E-state index contributed by atoms with van der Waals surface area (Å²) in [5.41, 5.74) is 3.41. The monoisotopic (exact) mass is 341 g/mol. The Bertz CT molecular complexity index is 733. The van der Waals surface area contributed by atoms with Crippen molar-refractivity contribution in [3.05, 3.63) is 64.7 Å². The number of carbonyl (C=O) groups is 2. The summed E-state index contributed by atoms with van der Waals surface area (Å²) < 4.78 is 9.91. The normalized spacial score (nSPS) is 11.5. The van der Waals surface area contributed by atoms with Crippen LogP contribution in [0.15, 0.2) is 42.5 Å². The molecule has 2 rings (SSSR count). The molecular formula is C20H23NO4. The Kier molecular flexibility index (Phi) is 6.17. The first-order valence-electron chi connectivity index (χ1n) is 8.03. The zero-order valence-corrected chi connectivity index (χ0v) is 15.0. The molecule has 0 saturated heterocycles. The van der Waals surface area contributed by atoms with Crippen LogP contribution in [0.3, 0.4) is 0 Å². The molecule has 0 radical (unpaired) electrons. The van der Waals surface area contributed by atoms with E-state index in [1.54, 1.807) is 19.2 Å². The van der Waals surface area contributed by atoms with Crippen molar-refractivity contribution in [3.63, 3.8) is 0 Å². The maximum atomic E-state index is 12.6. The van der Waals surface area contributed by atoms with Crippen molar-refractivity contribution in [3.8, 4) is 5.75 Å². The summed E-state index contributed by atoms with van der Waals surface area (Å²) in [5, 5.41) is 2.93. The standard InChI is InChI=1S/C20H23NO4/c1-13-9-14(2)11-16(10-13)20(23)21-18(12-19(22)25-4)15-5-7-17(24-3)8-6-15/h5-11,18H,12H2,1-4H3,(H,21,23). The maximum absolute atomic E-state index is 12.6. The predicted octanol–water partition coefficient (Wildman–Crippen LogP) is 3.35. The van der Waals surface area contributed by atoms with Crippen LogP contribution in [0.2, 0.25) is 0 Å². The van der Waals surface area contributed by atoms with Crippen LogP contribution in [0, 0.1) is 13.8 Å². The Morgan fingerprint density at radius 3 is 2.12 bits per heavy atom. The minimum atomic E-state index is -0.480. The van der Waals surface area contributed by atoms with Gasteiger partial charge in [-0.15, -0.1) is 0 Å². The van der Waals surface area contributed by atoms with Gasteiger partial charge in [0.1, 0.15) is 5.75 Å². The first-order chi connectivity index (χ1) is 11.9. The highest BCUT2D eigenvalue weighted by molar-refractivity contribution is 5.95. The van der Waals surface area contributed by atoms with E-state index in [2.05, 4.69) is 5.32 Å². The van der Waals surface area contributed by atoms with Crippen molar-refractivity contribution >= 4 is 11.9 Å². The number of aryl methyl sites for hydroxylation is 2. The third-order valence-corrected chi connectivity index (χ3v) is 3.91. The number of rotatable bonds is 6. The minimum Gasteiger partial charge on any atom is -0.497 e. The fraction of sp³-hybridized carbons (Fsp3) is 0.300. The fourth-order valence-electron chi connectivity index (χ4n) is 2.69. The highest BCUT2D eigenvalue weighted by atomic mass is 16.5. The average Bonchev–Trinajstić information content (AvgIpc) is 2.60. The second-order valence-electron chi connectivity index (χ2n) is 5.96. The van der Waals surface area contributed by atoms with E-state index in [1.807, 2.05) is 44.2 Å². The molecule has 0 bridgehead atoms. The number of hydrogen-bond acceptors (Lipinski definition) is 4. The van der Waals surface area contributed by atoms with E-state index in [0.29, 0.717) is 11.3 Å². The van der Waals surface area contributed by atoms with Gasteiger partial charge in [0.2, 0.25) is 0 Å². The molecule has 1 atom stereocenters. The lowest BCUT2D eigenvalue weighted by molar-refractivity contribution is -0.141. The molecule has 5 heteroatoms. The van der Waals surface area contributed by atoms with Crippen LogP contribution in [0.25, 0.3) is 0 Å².